The highest BCUT2D eigenvalue weighted by Gasteiger charge is 2.35. The van der Waals surface area contributed by atoms with Crippen molar-refractivity contribution in [1.82, 2.24) is 0 Å². The Bertz CT molecular complexity index is 529. The molecule has 0 aliphatic heterocycles. The highest BCUT2D eigenvalue weighted by atomic mass is 32.2. The zero-order valence-corrected chi connectivity index (χ0v) is 11.2. The van der Waals surface area contributed by atoms with Crippen LogP contribution in [0.4, 0.5) is 0 Å². The minimum Gasteiger partial charge on any atom is -0.327 e. The molecule has 3 nitrogen and oxygen atoms in total. The van der Waals surface area contributed by atoms with Crippen molar-refractivity contribution in [3.05, 3.63) is 29.8 Å². The van der Waals surface area contributed by atoms with Crippen LogP contribution >= 0.6 is 0 Å². The summed E-state index contributed by atoms with van der Waals surface area (Å²) in [6, 6.07) is 7.64. The third-order valence-corrected chi connectivity index (χ3v) is 6.50. The van der Waals surface area contributed by atoms with Crippen LogP contribution < -0.4 is 5.73 Å². The van der Waals surface area contributed by atoms with Gasteiger partial charge in [-0.2, -0.15) is 0 Å². The van der Waals surface area contributed by atoms with Crippen molar-refractivity contribution in [2.45, 2.75) is 54.2 Å². The molecule has 0 amide bonds. The Morgan fingerprint density at radius 3 is 2.11 bits per heavy atom. The van der Waals surface area contributed by atoms with Crippen LogP contribution in [-0.2, 0) is 9.84 Å². The molecule has 2 atom stereocenters. The predicted molar refractivity (Wildman–Crippen MR) is 71.2 cm³/mol. The van der Waals surface area contributed by atoms with E-state index in [2.05, 4.69) is 0 Å². The molecule has 2 aliphatic carbocycles. The molecule has 1 aromatic carbocycles. The lowest BCUT2D eigenvalue weighted by Gasteiger charge is -2.11. The van der Waals surface area contributed by atoms with Crippen molar-refractivity contribution in [3.63, 3.8) is 0 Å². The van der Waals surface area contributed by atoms with Crippen molar-refractivity contribution in [3.8, 4) is 0 Å². The van der Waals surface area contributed by atoms with Crippen molar-refractivity contribution in [1.29, 1.82) is 0 Å². The molecule has 0 radical (unpaired) electrons. The zero-order valence-electron chi connectivity index (χ0n) is 10.4. The number of hydrogen-bond donors (Lipinski definition) is 1. The van der Waals surface area contributed by atoms with Gasteiger partial charge < -0.3 is 5.73 Å². The molecule has 0 aromatic heterocycles. The van der Waals surface area contributed by atoms with Gasteiger partial charge in [0.2, 0.25) is 0 Å². The first-order chi connectivity index (χ1) is 8.59. The highest BCUT2D eigenvalue weighted by molar-refractivity contribution is 7.92. The molecule has 2 saturated carbocycles. The first kappa shape index (κ1) is 12.2. The second-order valence-electron chi connectivity index (χ2n) is 5.53. The Kier molecular flexibility index (Phi) is 2.94. The van der Waals surface area contributed by atoms with Crippen LogP contribution in [0.2, 0.25) is 0 Å². The van der Waals surface area contributed by atoms with Gasteiger partial charge in [0.05, 0.1) is 10.1 Å². The summed E-state index contributed by atoms with van der Waals surface area (Å²) in [6.45, 7) is 0. The lowest BCUT2D eigenvalue weighted by atomic mass is 10.1. The van der Waals surface area contributed by atoms with E-state index in [0.717, 1.165) is 32.1 Å². The van der Waals surface area contributed by atoms with Gasteiger partial charge >= 0.3 is 0 Å². The van der Waals surface area contributed by atoms with Gasteiger partial charge in [-0.1, -0.05) is 25.0 Å². The van der Waals surface area contributed by atoms with E-state index in [1.807, 2.05) is 12.1 Å². The number of nitrogens with two attached hydrogens (primary N) is 1. The standard InChI is InChI=1S/C14H19NO2S/c15-14-9-13(14)10-5-7-12(8-6-10)18(16,17)11-3-1-2-4-11/h5-8,11,13-14H,1-4,9,15H2. The van der Waals surface area contributed by atoms with E-state index in [-0.39, 0.29) is 11.3 Å². The van der Waals surface area contributed by atoms with E-state index >= 15 is 0 Å². The van der Waals surface area contributed by atoms with Gasteiger partial charge in [-0.3, -0.25) is 0 Å². The van der Waals surface area contributed by atoms with Crippen molar-refractivity contribution in [2.24, 2.45) is 5.73 Å². The monoisotopic (exact) mass is 265 g/mol. The Balaban J connectivity index is 1.83. The fourth-order valence-electron chi connectivity index (χ4n) is 2.89. The molecule has 18 heavy (non-hydrogen) atoms. The molecular weight excluding hydrogens is 246 g/mol. The molecule has 4 heteroatoms. The topological polar surface area (TPSA) is 60.2 Å². The third-order valence-electron chi connectivity index (χ3n) is 4.22. The maximum Gasteiger partial charge on any atom is 0.181 e. The summed E-state index contributed by atoms with van der Waals surface area (Å²) in [4.78, 5) is 0.479. The average Bonchev–Trinajstić information content (AvgIpc) is 2.88. The summed E-state index contributed by atoms with van der Waals surface area (Å²) in [6.07, 6.45) is 4.74. The summed E-state index contributed by atoms with van der Waals surface area (Å²) >= 11 is 0. The lowest BCUT2D eigenvalue weighted by Crippen LogP contribution is -2.17. The first-order valence-corrected chi connectivity index (χ1v) is 8.23. The van der Waals surface area contributed by atoms with E-state index in [4.69, 9.17) is 5.73 Å². The van der Waals surface area contributed by atoms with Crippen molar-refractivity contribution < 1.29 is 8.42 Å². The van der Waals surface area contributed by atoms with E-state index < -0.39 is 9.84 Å². The third kappa shape index (κ3) is 2.08. The Morgan fingerprint density at radius 2 is 1.61 bits per heavy atom. The van der Waals surface area contributed by atoms with Crippen molar-refractivity contribution in [2.75, 3.05) is 0 Å². The minimum absolute atomic E-state index is 0.161. The van der Waals surface area contributed by atoms with Crippen molar-refractivity contribution >= 4 is 9.84 Å². The van der Waals surface area contributed by atoms with E-state index in [0.29, 0.717) is 10.8 Å². The fourth-order valence-corrected chi connectivity index (χ4v) is 4.75. The second kappa shape index (κ2) is 4.35. The fraction of sp³-hybridized carbons (Fsp3) is 0.571. The Hall–Kier alpha value is -0.870. The molecule has 0 heterocycles. The minimum atomic E-state index is -3.11. The van der Waals surface area contributed by atoms with Gasteiger partial charge in [0, 0.05) is 12.0 Å². The summed E-state index contributed by atoms with van der Waals surface area (Å²) in [5.41, 5.74) is 6.98. The van der Waals surface area contributed by atoms with Gasteiger partial charge in [-0.15, -0.1) is 0 Å². The zero-order chi connectivity index (χ0) is 12.8. The molecule has 0 saturated heterocycles. The van der Waals surface area contributed by atoms with Crippen LogP contribution in [0.5, 0.6) is 0 Å². The molecule has 2 N–H and O–H groups in total. The van der Waals surface area contributed by atoms with Gasteiger partial charge in [0.25, 0.3) is 0 Å². The number of rotatable bonds is 3. The van der Waals surface area contributed by atoms with Gasteiger partial charge in [0.1, 0.15) is 0 Å². The maximum atomic E-state index is 12.4. The van der Waals surface area contributed by atoms with E-state index in [9.17, 15) is 8.42 Å². The van der Waals surface area contributed by atoms with Crippen LogP contribution in [0.15, 0.2) is 29.2 Å². The summed E-state index contributed by atoms with van der Waals surface area (Å²) in [5.74, 6) is 0.438. The van der Waals surface area contributed by atoms with Crippen LogP contribution in [-0.4, -0.2) is 19.7 Å². The van der Waals surface area contributed by atoms with Crippen LogP contribution in [0.1, 0.15) is 43.6 Å². The van der Waals surface area contributed by atoms with Crippen LogP contribution in [0, 0.1) is 0 Å². The SMILES string of the molecule is NC1CC1c1ccc(S(=O)(=O)C2CCCC2)cc1. The molecule has 0 bridgehead atoms. The lowest BCUT2D eigenvalue weighted by molar-refractivity contribution is 0.579. The number of hydrogen-bond acceptors (Lipinski definition) is 3. The van der Waals surface area contributed by atoms with Crippen LogP contribution in [0.3, 0.4) is 0 Å². The molecular formula is C14H19NO2S. The summed E-state index contributed by atoms with van der Waals surface area (Å²) in [5, 5.41) is -0.161. The molecule has 2 fully saturated rings. The average molecular weight is 265 g/mol. The van der Waals surface area contributed by atoms with Gasteiger partial charge in [0.15, 0.2) is 9.84 Å². The van der Waals surface area contributed by atoms with Gasteiger partial charge in [-0.05, 0) is 37.0 Å². The summed E-state index contributed by atoms with van der Waals surface area (Å²) < 4.78 is 24.7. The van der Waals surface area contributed by atoms with E-state index in [1.165, 1.54) is 5.56 Å². The molecule has 98 valence electrons. The maximum absolute atomic E-state index is 12.4. The number of benzene rings is 1. The highest BCUT2D eigenvalue weighted by Crippen LogP contribution is 2.39. The largest absolute Gasteiger partial charge is 0.327 e. The van der Waals surface area contributed by atoms with Crippen LogP contribution in [0.25, 0.3) is 0 Å². The second-order valence-corrected chi connectivity index (χ2v) is 7.75. The molecule has 1 aromatic rings. The quantitative estimate of drug-likeness (QED) is 0.911. The normalized spacial score (nSPS) is 28.5. The Morgan fingerprint density at radius 1 is 1.06 bits per heavy atom. The van der Waals surface area contributed by atoms with Gasteiger partial charge in [-0.25, -0.2) is 8.42 Å². The van der Waals surface area contributed by atoms with E-state index in [1.54, 1.807) is 12.1 Å². The predicted octanol–water partition coefficient (Wildman–Crippen LogP) is 2.22. The molecule has 3 rings (SSSR count). The summed E-state index contributed by atoms with van der Waals surface area (Å²) in [7, 11) is -3.11. The smallest absolute Gasteiger partial charge is 0.181 e. The number of sulfone groups is 1. The molecule has 2 aliphatic rings. The Labute approximate surface area is 108 Å². The molecule has 0 spiro atoms. The molecule has 2 unspecified atom stereocenters. The first-order valence-electron chi connectivity index (χ1n) is 6.68.